The van der Waals surface area contributed by atoms with Crippen LogP contribution in [0.25, 0.3) is 17.2 Å². The quantitative estimate of drug-likeness (QED) is 0.654. The maximum absolute atomic E-state index is 10.2. The number of aliphatic hydroxyl groups is 3. The minimum atomic E-state index is -1.18. The Hall–Kier alpha value is -1.72. The minimum absolute atomic E-state index is 0.377. The lowest BCUT2D eigenvalue weighted by atomic mass is 10.1. The molecule has 3 N–H and O–H groups in total. The van der Waals surface area contributed by atoms with Crippen LogP contribution in [0.4, 0.5) is 0 Å². The van der Waals surface area contributed by atoms with Gasteiger partial charge in [0.2, 0.25) is 0 Å². The molecule has 10 heteroatoms. The Morgan fingerprint density at radius 1 is 1.28 bits per heavy atom. The van der Waals surface area contributed by atoms with Crippen molar-refractivity contribution in [3.8, 4) is 0 Å². The van der Waals surface area contributed by atoms with E-state index in [-0.39, 0.29) is 6.61 Å². The van der Waals surface area contributed by atoms with Crippen LogP contribution in [0.5, 0.6) is 0 Å². The molecule has 2 aromatic rings. The fourth-order valence-corrected chi connectivity index (χ4v) is 3.95. The molecule has 0 radical (unpaired) electrons. The largest absolute Gasteiger partial charge is 0.394 e. The van der Waals surface area contributed by atoms with Crippen LogP contribution >= 0.6 is 11.8 Å². The van der Waals surface area contributed by atoms with E-state index in [1.807, 2.05) is 24.0 Å². The molecular weight excluding hydrogens is 346 g/mol. The van der Waals surface area contributed by atoms with Gasteiger partial charge < -0.3 is 25.0 Å². The third-order valence-electron chi connectivity index (χ3n) is 4.40. The normalized spacial score (nSPS) is 30.1. The Bertz CT molecular complexity index is 778. The van der Waals surface area contributed by atoms with Gasteiger partial charge in [-0.3, -0.25) is 4.57 Å². The van der Waals surface area contributed by atoms with Gasteiger partial charge in [-0.15, -0.1) is 11.8 Å². The molecule has 2 aromatic heterocycles. The zero-order chi connectivity index (χ0) is 17.4. The SMILES string of the molecule is OC[C@H]1O[C@@H](n2cnc3c(/C=C/N4CCSC4)ncnc32)[C@H](O)[C@@H]1O. The summed E-state index contributed by atoms with van der Waals surface area (Å²) in [6, 6.07) is 0. The molecule has 4 heterocycles. The van der Waals surface area contributed by atoms with E-state index in [4.69, 9.17) is 4.74 Å². The number of rotatable bonds is 4. The highest BCUT2D eigenvalue weighted by Crippen LogP contribution is 2.31. The predicted molar refractivity (Wildman–Crippen MR) is 91.4 cm³/mol. The van der Waals surface area contributed by atoms with Crippen LogP contribution in [0.2, 0.25) is 0 Å². The maximum atomic E-state index is 10.2. The van der Waals surface area contributed by atoms with E-state index in [0.29, 0.717) is 16.9 Å². The van der Waals surface area contributed by atoms with E-state index in [2.05, 4.69) is 19.9 Å². The third kappa shape index (κ3) is 3.00. The Morgan fingerprint density at radius 3 is 2.88 bits per heavy atom. The number of aromatic nitrogens is 4. The zero-order valence-corrected chi connectivity index (χ0v) is 14.2. The number of hydrogen-bond donors (Lipinski definition) is 3. The van der Waals surface area contributed by atoms with Gasteiger partial charge in [-0.2, -0.15) is 0 Å². The van der Waals surface area contributed by atoms with Crippen molar-refractivity contribution >= 4 is 29.0 Å². The van der Waals surface area contributed by atoms with Crippen molar-refractivity contribution in [2.75, 3.05) is 24.8 Å². The highest BCUT2D eigenvalue weighted by Gasteiger charge is 2.43. The summed E-state index contributed by atoms with van der Waals surface area (Å²) in [6.45, 7) is 0.630. The average molecular weight is 365 g/mol. The van der Waals surface area contributed by atoms with Crippen LogP contribution in [0, 0.1) is 0 Å². The summed E-state index contributed by atoms with van der Waals surface area (Å²) in [6.07, 6.45) is 2.78. The number of hydrogen-bond acceptors (Lipinski definition) is 9. The van der Waals surface area contributed by atoms with Crippen LogP contribution < -0.4 is 0 Å². The standard InChI is InChI=1S/C15H19N5O4S/c21-5-10-12(22)13(23)15(24-10)20-7-18-11-9(16-6-17-14(11)20)1-2-19-3-4-25-8-19/h1-2,6-7,10,12-13,15,21-23H,3-5,8H2/b2-1+/t10-,12-,13-,15-/m1/s1. The molecule has 2 aliphatic rings. The molecule has 0 saturated carbocycles. The molecule has 25 heavy (non-hydrogen) atoms. The fourth-order valence-electron chi connectivity index (χ4n) is 3.01. The van der Waals surface area contributed by atoms with Crippen molar-refractivity contribution < 1.29 is 20.1 Å². The summed E-state index contributed by atoms with van der Waals surface area (Å²) in [4.78, 5) is 15.1. The molecule has 0 bridgehead atoms. The lowest BCUT2D eigenvalue weighted by Gasteiger charge is -2.16. The van der Waals surface area contributed by atoms with Crippen LogP contribution in [0.15, 0.2) is 18.9 Å². The van der Waals surface area contributed by atoms with E-state index in [1.165, 1.54) is 12.7 Å². The summed E-state index contributed by atoms with van der Waals surface area (Å²) in [7, 11) is 0. The molecule has 9 nitrogen and oxygen atoms in total. The Balaban J connectivity index is 1.65. The number of nitrogens with zero attached hydrogens (tertiary/aromatic N) is 5. The second-order valence-electron chi connectivity index (χ2n) is 5.98. The summed E-state index contributed by atoms with van der Waals surface area (Å²) in [5.74, 6) is 2.07. The second-order valence-corrected chi connectivity index (χ2v) is 7.05. The number of imidazole rings is 1. The molecule has 0 aliphatic carbocycles. The van der Waals surface area contributed by atoms with E-state index in [0.717, 1.165) is 18.2 Å². The lowest BCUT2D eigenvalue weighted by Crippen LogP contribution is -2.33. The molecule has 2 saturated heterocycles. The zero-order valence-electron chi connectivity index (χ0n) is 13.3. The second kappa shape index (κ2) is 6.89. The van der Waals surface area contributed by atoms with Crippen molar-refractivity contribution in [3.05, 3.63) is 24.5 Å². The molecule has 0 aromatic carbocycles. The van der Waals surface area contributed by atoms with Crippen molar-refractivity contribution in [1.29, 1.82) is 0 Å². The lowest BCUT2D eigenvalue weighted by molar-refractivity contribution is -0.0511. The average Bonchev–Trinajstić information content (AvgIpc) is 3.34. The summed E-state index contributed by atoms with van der Waals surface area (Å²) in [5.41, 5.74) is 1.76. The van der Waals surface area contributed by atoms with Gasteiger partial charge in [-0.05, 0) is 6.08 Å². The van der Waals surface area contributed by atoms with Crippen LogP contribution in [0.3, 0.4) is 0 Å². The molecular formula is C15H19N5O4S. The molecule has 4 rings (SSSR count). The smallest absolute Gasteiger partial charge is 0.166 e. The monoisotopic (exact) mass is 365 g/mol. The van der Waals surface area contributed by atoms with Crippen molar-refractivity contribution in [2.24, 2.45) is 0 Å². The first-order chi connectivity index (χ1) is 12.2. The Kier molecular flexibility index (Phi) is 4.61. The third-order valence-corrected chi connectivity index (χ3v) is 5.39. The van der Waals surface area contributed by atoms with Gasteiger partial charge in [-0.25, -0.2) is 15.0 Å². The summed E-state index contributed by atoms with van der Waals surface area (Å²) >= 11 is 1.88. The number of thioether (sulfide) groups is 1. The van der Waals surface area contributed by atoms with E-state index in [1.54, 1.807) is 4.57 Å². The first-order valence-electron chi connectivity index (χ1n) is 7.99. The first kappa shape index (κ1) is 16.7. The summed E-state index contributed by atoms with van der Waals surface area (Å²) < 4.78 is 7.11. The Labute approximate surface area is 148 Å². The van der Waals surface area contributed by atoms with Gasteiger partial charge in [0.15, 0.2) is 11.9 Å². The minimum Gasteiger partial charge on any atom is -0.394 e. The molecule has 0 spiro atoms. The predicted octanol–water partition coefficient (Wildman–Crippen LogP) is -0.585. The molecule has 0 amide bonds. The highest BCUT2D eigenvalue weighted by molar-refractivity contribution is 7.99. The maximum Gasteiger partial charge on any atom is 0.166 e. The van der Waals surface area contributed by atoms with Crippen LogP contribution in [-0.4, -0.2) is 82.8 Å². The van der Waals surface area contributed by atoms with Gasteiger partial charge in [0, 0.05) is 18.5 Å². The van der Waals surface area contributed by atoms with Gasteiger partial charge in [0.1, 0.15) is 30.2 Å². The molecule has 2 aliphatic heterocycles. The summed E-state index contributed by atoms with van der Waals surface area (Å²) in [5, 5.41) is 29.4. The fraction of sp³-hybridized carbons (Fsp3) is 0.533. The van der Waals surface area contributed by atoms with Crippen molar-refractivity contribution in [1.82, 2.24) is 24.4 Å². The van der Waals surface area contributed by atoms with Gasteiger partial charge in [-0.1, -0.05) is 0 Å². The van der Waals surface area contributed by atoms with Crippen LogP contribution in [-0.2, 0) is 4.74 Å². The van der Waals surface area contributed by atoms with Gasteiger partial charge in [0.05, 0.1) is 24.5 Å². The topological polar surface area (TPSA) is 117 Å². The van der Waals surface area contributed by atoms with Crippen LogP contribution in [0.1, 0.15) is 11.9 Å². The van der Waals surface area contributed by atoms with E-state index >= 15 is 0 Å². The number of ether oxygens (including phenoxy) is 1. The van der Waals surface area contributed by atoms with Crippen molar-refractivity contribution in [3.63, 3.8) is 0 Å². The molecule has 0 unspecified atom stereocenters. The Morgan fingerprint density at radius 2 is 2.16 bits per heavy atom. The number of fused-ring (bicyclic) bond motifs is 1. The number of aliphatic hydroxyl groups excluding tert-OH is 3. The molecule has 134 valence electrons. The van der Waals surface area contributed by atoms with Gasteiger partial charge >= 0.3 is 0 Å². The van der Waals surface area contributed by atoms with Gasteiger partial charge in [0.25, 0.3) is 0 Å². The molecule has 4 atom stereocenters. The molecule has 2 fully saturated rings. The van der Waals surface area contributed by atoms with E-state index in [9.17, 15) is 15.3 Å². The highest BCUT2D eigenvalue weighted by atomic mass is 32.2. The van der Waals surface area contributed by atoms with Crippen molar-refractivity contribution in [2.45, 2.75) is 24.5 Å². The van der Waals surface area contributed by atoms with E-state index < -0.39 is 24.5 Å². The first-order valence-corrected chi connectivity index (χ1v) is 9.14.